The quantitative estimate of drug-likeness (QED) is 0.340. The molecule has 13 heavy (non-hydrogen) atoms. The number of hydrogen-bond acceptors (Lipinski definition) is 3. The van der Waals surface area contributed by atoms with Crippen LogP contribution < -0.4 is 10.2 Å². The third kappa shape index (κ3) is 1.39. The lowest BCUT2D eigenvalue weighted by molar-refractivity contribution is 0.298. The highest BCUT2D eigenvalue weighted by molar-refractivity contribution is 6.32. The molecule has 0 aliphatic carbocycles. The van der Waals surface area contributed by atoms with Gasteiger partial charge in [-0.2, -0.15) is 0 Å². The summed E-state index contributed by atoms with van der Waals surface area (Å²) in [6.07, 6.45) is 0.673. The molecule has 66 valence electrons. The molecule has 1 heterocycles. The Labute approximate surface area is 77.4 Å². The fourth-order valence-corrected chi connectivity index (χ4v) is 1.48. The third-order valence-electron chi connectivity index (χ3n) is 2.17. The van der Waals surface area contributed by atoms with Crippen molar-refractivity contribution in [3.63, 3.8) is 0 Å². The second-order valence-corrected chi connectivity index (χ2v) is 3.14. The summed E-state index contributed by atoms with van der Waals surface area (Å²) in [7, 11) is 2.01. The smallest absolute Gasteiger partial charge is 0.139 e. The van der Waals surface area contributed by atoms with Gasteiger partial charge in [0.2, 0.25) is 0 Å². The highest BCUT2D eigenvalue weighted by Gasteiger charge is 2.16. The molecule has 4 heteroatoms. The van der Waals surface area contributed by atoms with Gasteiger partial charge in [-0.25, -0.2) is 0 Å². The molecule has 1 aromatic rings. The molecule has 0 unspecified atom stereocenters. The van der Waals surface area contributed by atoms with Crippen LogP contribution in [0, 0.1) is 0 Å². The average molecular weight is 175 g/mol. The molecule has 1 aromatic carbocycles. The van der Waals surface area contributed by atoms with Crippen LogP contribution in [-0.4, -0.2) is 25.4 Å². The lowest BCUT2D eigenvalue weighted by Crippen LogP contribution is -2.18. The molecule has 3 nitrogen and oxygen atoms in total. The van der Waals surface area contributed by atoms with Crippen molar-refractivity contribution < 1.29 is 9.94 Å². The van der Waals surface area contributed by atoms with Gasteiger partial charge in [-0.1, -0.05) is 16.7 Å². The van der Waals surface area contributed by atoms with Crippen molar-refractivity contribution in [3.05, 3.63) is 23.8 Å². The van der Waals surface area contributed by atoms with Crippen LogP contribution in [0.3, 0.4) is 0 Å². The van der Waals surface area contributed by atoms with Crippen molar-refractivity contribution >= 4 is 19.0 Å². The summed E-state index contributed by atoms with van der Waals surface area (Å²) in [5.41, 5.74) is 2.76. The highest BCUT2D eigenvalue weighted by atomic mass is 16.5. The van der Waals surface area contributed by atoms with Crippen LogP contribution in [0.5, 0.6) is 5.75 Å². The summed E-state index contributed by atoms with van der Waals surface area (Å²) < 4.78 is 5.44. The Hall–Kier alpha value is -1.45. The summed E-state index contributed by atoms with van der Waals surface area (Å²) in [4.78, 5) is 0. The number of rotatable bonds is 0. The van der Waals surface area contributed by atoms with E-state index in [9.17, 15) is 0 Å². The molecular weight excluding hydrogens is 165 g/mol. The summed E-state index contributed by atoms with van der Waals surface area (Å²) in [6.45, 7) is 0.593. The van der Waals surface area contributed by atoms with E-state index in [4.69, 9.17) is 9.94 Å². The van der Waals surface area contributed by atoms with Crippen LogP contribution in [0.25, 0.3) is 0 Å². The molecule has 0 saturated carbocycles. The molecule has 0 aromatic heterocycles. The standard InChI is InChI=1S/C9H10BNO2/c10-6-1-2-7-8(11-12)3-4-13-9(7)5-6/h1-2,5,12H,3-4,10H2/b11-8+. The summed E-state index contributed by atoms with van der Waals surface area (Å²) >= 11 is 0. The van der Waals surface area contributed by atoms with E-state index in [0.717, 1.165) is 16.8 Å². The van der Waals surface area contributed by atoms with E-state index in [0.29, 0.717) is 18.7 Å². The molecule has 0 saturated heterocycles. The van der Waals surface area contributed by atoms with E-state index in [1.807, 2.05) is 26.0 Å². The van der Waals surface area contributed by atoms with Crippen LogP contribution in [0.2, 0.25) is 0 Å². The van der Waals surface area contributed by atoms with E-state index in [2.05, 4.69) is 5.16 Å². The van der Waals surface area contributed by atoms with Gasteiger partial charge in [0.05, 0.1) is 12.3 Å². The molecule has 2 rings (SSSR count). The van der Waals surface area contributed by atoms with Crippen molar-refractivity contribution in [1.82, 2.24) is 0 Å². The Balaban J connectivity index is 2.52. The summed E-state index contributed by atoms with van der Waals surface area (Å²) in [5.74, 6) is 0.819. The molecule has 1 aliphatic heterocycles. The second kappa shape index (κ2) is 3.13. The number of oxime groups is 1. The van der Waals surface area contributed by atoms with Crippen molar-refractivity contribution in [1.29, 1.82) is 0 Å². The Morgan fingerprint density at radius 3 is 3.08 bits per heavy atom. The predicted molar refractivity (Wildman–Crippen MR) is 53.1 cm³/mol. The van der Waals surface area contributed by atoms with Crippen molar-refractivity contribution in [2.75, 3.05) is 6.61 Å². The van der Waals surface area contributed by atoms with Gasteiger partial charge in [-0.3, -0.25) is 0 Å². The molecule has 1 aliphatic rings. The summed E-state index contributed by atoms with van der Waals surface area (Å²) in [5, 5.41) is 12.0. The number of hydrogen-bond donors (Lipinski definition) is 1. The molecule has 0 radical (unpaired) electrons. The Kier molecular flexibility index (Phi) is 1.96. The van der Waals surface area contributed by atoms with Crippen LogP contribution >= 0.6 is 0 Å². The van der Waals surface area contributed by atoms with Gasteiger partial charge in [-0.05, 0) is 12.1 Å². The van der Waals surface area contributed by atoms with E-state index >= 15 is 0 Å². The second-order valence-electron chi connectivity index (χ2n) is 3.14. The fraction of sp³-hybridized carbons (Fsp3) is 0.222. The maximum absolute atomic E-state index is 8.74. The zero-order chi connectivity index (χ0) is 9.26. The Morgan fingerprint density at radius 1 is 1.46 bits per heavy atom. The first-order valence-corrected chi connectivity index (χ1v) is 4.26. The molecule has 0 fully saturated rings. The van der Waals surface area contributed by atoms with Gasteiger partial charge in [0.1, 0.15) is 13.6 Å². The van der Waals surface area contributed by atoms with E-state index in [-0.39, 0.29) is 0 Å². The van der Waals surface area contributed by atoms with E-state index in [1.165, 1.54) is 0 Å². The minimum Gasteiger partial charge on any atom is -0.493 e. The minimum absolute atomic E-state index is 0.593. The maximum atomic E-state index is 8.74. The average Bonchev–Trinajstić information content (AvgIpc) is 2.16. The largest absolute Gasteiger partial charge is 0.493 e. The maximum Gasteiger partial charge on any atom is 0.139 e. The first kappa shape index (κ1) is 8.17. The van der Waals surface area contributed by atoms with Gasteiger partial charge in [-0.15, -0.1) is 0 Å². The number of benzene rings is 1. The number of nitrogens with zero attached hydrogens (tertiary/aromatic N) is 1. The molecule has 0 atom stereocenters. The van der Waals surface area contributed by atoms with Crippen molar-refractivity contribution in [2.24, 2.45) is 5.16 Å². The molecule has 0 bridgehead atoms. The monoisotopic (exact) mass is 175 g/mol. The zero-order valence-corrected chi connectivity index (χ0v) is 7.45. The lowest BCUT2D eigenvalue weighted by atomic mass is 9.92. The van der Waals surface area contributed by atoms with E-state index in [1.54, 1.807) is 0 Å². The normalized spacial score (nSPS) is 18.0. The van der Waals surface area contributed by atoms with Gasteiger partial charge in [0, 0.05) is 12.0 Å². The topological polar surface area (TPSA) is 41.8 Å². The van der Waals surface area contributed by atoms with Crippen LogP contribution in [0.15, 0.2) is 23.4 Å². The lowest BCUT2D eigenvalue weighted by Gasteiger charge is -2.18. The van der Waals surface area contributed by atoms with Gasteiger partial charge < -0.3 is 9.94 Å². The molecule has 1 N–H and O–H groups in total. The first-order chi connectivity index (χ1) is 6.31. The first-order valence-electron chi connectivity index (χ1n) is 4.26. The van der Waals surface area contributed by atoms with Crippen molar-refractivity contribution in [3.8, 4) is 5.75 Å². The van der Waals surface area contributed by atoms with Gasteiger partial charge >= 0.3 is 0 Å². The van der Waals surface area contributed by atoms with Gasteiger partial charge in [0.15, 0.2) is 0 Å². The van der Waals surface area contributed by atoms with Crippen LogP contribution in [0.4, 0.5) is 0 Å². The summed E-state index contributed by atoms with van der Waals surface area (Å²) in [6, 6.07) is 5.87. The fourth-order valence-electron chi connectivity index (χ4n) is 1.48. The van der Waals surface area contributed by atoms with Crippen LogP contribution in [-0.2, 0) is 0 Å². The highest BCUT2D eigenvalue weighted by Crippen LogP contribution is 2.23. The predicted octanol–water partition coefficient (Wildman–Crippen LogP) is -0.0942. The number of ether oxygens (including phenoxy) is 1. The Bertz CT molecular complexity index is 363. The van der Waals surface area contributed by atoms with Crippen LogP contribution in [0.1, 0.15) is 12.0 Å². The van der Waals surface area contributed by atoms with Gasteiger partial charge in [0.25, 0.3) is 0 Å². The van der Waals surface area contributed by atoms with Crippen molar-refractivity contribution in [2.45, 2.75) is 6.42 Å². The third-order valence-corrected chi connectivity index (χ3v) is 2.17. The number of fused-ring (bicyclic) bond motifs is 1. The SMILES string of the molecule is Bc1ccc2c(c1)OCC/C2=N\O. The molecular formula is C9H10BNO2. The molecule has 0 spiro atoms. The Morgan fingerprint density at radius 2 is 2.31 bits per heavy atom. The molecule has 0 amide bonds. The minimum atomic E-state index is 0.593. The van der Waals surface area contributed by atoms with E-state index < -0.39 is 0 Å². The zero-order valence-electron chi connectivity index (χ0n) is 7.45.